The molecule has 3 N–H and O–H groups in total. The molecule has 2 heterocycles. The summed E-state index contributed by atoms with van der Waals surface area (Å²) in [5.74, 6) is -0.994. The molecule has 1 aliphatic heterocycles. The number of hydrogen-bond donors (Lipinski definition) is 3. The lowest BCUT2D eigenvalue weighted by molar-refractivity contribution is -0.119. The van der Waals surface area contributed by atoms with Crippen LogP contribution in [-0.4, -0.2) is 35.5 Å². The number of likely N-dealkylation sites (tertiary alicyclic amines) is 1. The summed E-state index contributed by atoms with van der Waals surface area (Å²) in [5, 5.41) is 8.79. The van der Waals surface area contributed by atoms with E-state index in [0.717, 1.165) is 5.56 Å². The van der Waals surface area contributed by atoms with Crippen LogP contribution in [0.4, 0.5) is 25.4 Å². The highest BCUT2D eigenvalue weighted by Gasteiger charge is 2.34. The Morgan fingerprint density at radius 3 is 2.70 bits per heavy atom. The van der Waals surface area contributed by atoms with Crippen LogP contribution in [0.3, 0.4) is 0 Å². The van der Waals surface area contributed by atoms with Gasteiger partial charge in [0.05, 0.1) is 17.0 Å². The lowest BCUT2D eigenvalue weighted by atomic mass is 10.1. The Morgan fingerprint density at radius 1 is 1.05 bits per heavy atom. The van der Waals surface area contributed by atoms with Crippen molar-refractivity contribution in [2.45, 2.75) is 32.0 Å². The van der Waals surface area contributed by atoms with Crippen LogP contribution in [0.15, 0.2) is 77.4 Å². The molecule has 11 heteroatoms. The van der Waals surface area contributed by atoms with E-state index in [0.29, 0.717) is 41.7 Å². The Bertz CT molecular complexity index is 1540. The number of nitrogens with zero attached hydrogens (tertiary/aromatic N) is 1. The van der Waals surface area contributed by atoms with Crippen molar-refractivity contribution in [2.75, 3.05) is 17.2 Å². The maximum absolute atomic E-state index is 14.2. The van der Waals surface area contributed by atoms with Crippen LogP contribution >= 0.6 is 11.6 Å². The molecule has 0 saturated carbocycles. The van der Waals surface area contributed by atoms with Gasteiger partial charge in [-0.1, -0.05) is 54.1 Å². The van der Waals surface area contributed by atoms with Gasteiger partial charge in [0.1, 0.15) is 24.0 Å². The van der Waals surface area contributed by atoms with E-state index in [1.54, 1.807) is 24.3 Å². The molecule has 0 aliphatic carbocycles. The van der Waals surface area contributed by atoms with Gasteiger partial charge in [0.15, 0.2) is 0 Å². The van der Waals surface area contributed by atoms with Crippen molar-refractivity contribution in [1.29, 1.82) is 0 Å². The number of amides is 4. The van der Waals surface area contributed by atoms with Crippen molar-refractivity contribution < 1.29 is 27.9 Å². The molecular formula is C29H26ClFN4O5. The minimum atomic E-state index is -0.733. The summed E-state index contributed by atoms with van der Waals surface area (Å²) < 4.78 is 25.0. The maximum atomic E-state index is 14.2. The smallest absolute Gasteiger partial charge is 0.411 e. The predicted octanol–water partition coefficient (Wildman–Crippen LogP) is 6.29. The molecule has 206 valence electrons. The second-order valence-corrected chi connectivity index (χ2v) is 9.66. The topological polar surface area (TPSA) is 113 Å². The molecule has 1 atom stereocenters. The summed E-state index contributed by atoms with van der Waals surface area (Å²) in [6, 6.07) is 17.5. The second kappa shape index (κ2) is 12.1. The summed E-state index contributed by atoms with van der Waals surface area (Å²) in [6.07, 6.45) is 1.91. The Kier molecular flexibility index (Phi) is 8.16. The van der Waals surface area contributed by atoms with Crippen molar-refractivity contribution in [3.63, 3.8) is 0 Å². The molecule has 3 aromatic carbocycles. The molecule has 1 fully saturated rings. The monoisotopic (exact) mass is 564 g/mol. The number of hydrogen-bond acceptors (Lipinski definition) is 5. The molecule has 40 heavy (non-hydrogen) atoms. The van der Waals surface area contributed by atoms with Gasteiger partial charge in [-0.05, 0) is 36.6 Å². The van der Waals surface area contributed by atoms with Gasteiger partial charge in [-0.15, -0.1) is 0 Å². The van der Waals surface area contributed by atoms with Gasteiger partial charge in [-0.2, -0.15) is 0 Å². The molecule has 1 aromatic heterocycles. The molecule has 0 radical (unpaired) electrons. The number of rotatable bonds is 7. The van der Waals surface area contributed by atoms with Crippen LogP contribution in [-0.2, 0) is 22.7 Å². The normalized spacial score (nSPS) is 14.7. The quantitative estimate of drug-likeness (QED) is 0.244. The van der Waals surface area contributed by atoms with Crippen molar-refractivity contribution >= 4 is 52.0 Å². The van der Waals surface area contributed by atoms with Crippen LogP contribution < -0.4 is 16.0 Å². The lowest BCUT2D eigenvalue weighted by Crippen LogP contribution is -2.47. The minimum absolute atomic E-state index is 0.0305. The first-order valence-electron chi connectivity index (χ1n) is 12.7. The van der Waals surface area contributed by atoms with Gasteiger partial charge in [0, 0.05) is 35.8 Å². The van der Waals surface area contributed by atoms with E-state index in [1.807, 2.05) is 30.3 Å². The maximum Gasteiger partial charge on any atom is 0.411 e. The number of urea groups is 1. The standard InChI is InChI=1S/C29H26ClFN4O5/c30-22-9-4-8-19(26(22)31)16-32-28(37)35-12-5-10-24(35)27(36)33-20-14-23(21-11-13-39-25(21)15-20)34-29(38)40-17-18-6-2-1-3-7-18/h1-4,6-9,11,13-15,24H,5,10,12,16-17H2,(H,32,37)(H,33,36)(H,34,38)/t24-/m0/s1. The highest BCUT2D eigenvalue weighted by atomic mass is 35.5. The number of furan rings is 1. The number of benzene rings is 3. The zero-order valence-electron chi connectivity index (χ0n) is 21.3. The summed E-state index contributed by atoms with van der Waals surface area (Å²) >= 11 is 5.82. The fraction of sp³-hybridized carbons (Fsp3) is 0.207. The Hall–Kier alpha value is -4.57. The Labute approximate surface area is 234 Å². The number of carbonyl (C=O) groups excluding carboxylic acids is 3. The SMILES string of the molecule is O=C(Nc1cc(NC(=O)[C@@H]2CCCN2C(=O)NCc2cccc(Cl)c2F)cc2occc12)OCc1ccccc1. The molecule has 4 aromatic rings. The highest BCUT2D eigenvalue weighted by Crippen LogP contribution is 2.30. The number of nitrogens with one attached hydrogen (secondary N) is 3. The molecule has 0 unspecified atom stereocenters. The van der Waals surface area contributed by atoms with E-state index in [9.17, 15) is 18.8 Å². The fourth-order valence-electron chi connectivity index (χ4n) is 4.58. The number of fused-ring (bicyclic) bond motifs is 1. The molecule has 0 bridgehead atoms. The van der Waals surface area contributed by atoms with Crippen LogP contribution in [0.2, 0.25) is 5.02 Å². The van der Waals surface area contributed by atoms with Crippen molar-refractivity contribution in [1.82, 2.24) is 10.2 Å². The van der Waals surface area contributed by atoms with Gasteiger partial charge in [-0.25, -0.2) is 14.0 Å². The van der Waals surface area contributed by atoms with Gasteiger partial charge in [0.25, 0.3) is 0 Å². The summed E-state index contributed by atoms with van der Waals surface area (Å²) in [7, 11) is 0. The van der Waals surface area contributed by atoms with Crippen molar-refractivity contribution in [3.8, 4) is 0 Å². The van der Waals surface area contributed by atoms with Gasteiger partial charge < -0.3 is 24.7 Å². The Balaban J connectivity index is 1.23. The number of halogens is 2. The van der Waals surface area contributed by atoms with E-state index in [4.69, 9.17) is 20.8 Å². The third-order valence-electron chi connectivity index (χ3n) is 6.57. The van der Waals surface area contributed by atoms with E-state index in [1.165, 1.54) is 23.3 Å². The number of ether oxygens (including phenoxy) is 1. The largest absolute Gasteiger partial charge is 0.464 e. The van der Waals surface area contributed by atoms with E-state index < -0.39 is 29.9 Å². The third kappa shape index (κ3) is 6.18. The molecule has 4 amide bonds. The molecule has 0 spiro atoms. The van der Waals surface area contributed by atoms with Crippen LogP contribution in [0, 0.1) is 5.82 Å². The highest BCUT2D eigenvalue weighted by molar-refractivity contribution is 6.30. The number of anilines is 2. The first kappa shape index (κ1) is 27.0. The molecule has 9 nitrogen and oxygen atoms in total. The van der Waals surface area contributed by atoms with Crippen molar-refractivity contribution in [3.05, 3.63) is 95.0 Å². The van der Waals surface area contributed by atoms with Crippen LogP contribution in [0.5, 0.6) is 0 Å². The summed E-state index contributed by atoms with van der Waals surface area (Å²) in [5.41, 5.74) is 2.30. The minimum Gasteiger partial charge on any atom is -0.464 e. The molecule has 5 rings (SSSR count). The average Bonchev–Trinajstić information content (AvgIpc) is 3.64. The van der Waals surface area contributed by atoms with Gasteiger partial charge in [0.2, 0.25) is 5.91 Å². The number of carbonyl (C=O) groups is 3. The lowest BCUT2D eigenvalue weighted by Gasteiger charge is -2.24. The molecule has 1 aliphatic rings. The first-order valence-corrected chi connectivity index (χ1v) is 13.0. The predicted molar refractivity (Wildman–Crippen MR) is 148 cm³/mol. The van der Waals surface area contributed by atoms with E-state index in [2.05, 4.69) is 16.0 Å². The Morgan fingerprint density at radius 2 is 1.88 bits per heavy atom. The summed E-state index contributed by atoms with van der Waals surface area (Å²) in [6.45, 7) is 0.404. The zero-order chi connectivity index (χ0) is 28.1. The first-order chi connectivity index (χ1) is 19.4. The second-order valence-electron chi connectivity index (χ2n) is 9.26. The van der Waals surface area contributed by atoms with E-state index in [-0.39, 0.29) is 23.7 Å². The van der Waals surface area contributed by atoms with Crippen LogP contribution in [0.25, 0.3) is 11.0 Å². The molecule has 1 saturated heterocycles. The van der Waals surface area contributed by atoms with E-state index >= 15 is 0 Å². The molecular weight excluding hydrogens is 539 g/mol. The third-order valence-corrected chi connectivity index (χ3v) is 6.86. The fourth-order valence-corrected chi connectivity index (χ4v) is 4.78. The zero-order valence-corrected chi connectivity index (χ0v) is 22.0. The van der Waals surface area contributed by atoms with Gasteiger partial charge in [-0.3, -0.25) is 10.1 Å². The van der Waals surface area contributed by atoms with Gasteiger partial charge >= 0.3 is 12.1 Å². The average molecular weight is 565 g/mol. The van der Waals surface area contributed by atoms with Crippen LogP contribution in [0.1, 0.15) is 24.0 Å². The summed E-state index contributed by atoms with van der Waals surface area (Å²) in [4.78, 5) is 40.0. The van der Waals surface area contributed by atoms with Crippen molar-refractivity contribution in [2.24, 2.45) is 0 Å².